The first-order valence-corrected chi connectivity index (χ1v) is 9.19. The van der Waals surface area contributed by atoms with E-state index in [0.717, 1.165) is 17.1 Å². The van der Waals surface area contributed by atoms with Crippen LogP contribution in [0.4, 0.5) is 0 Å². The molecule has 148 valence electrons. The third-order valence-electron chi connectivity index (χ3n) is 4.32. The molecular formula is C21H26N4O3. The van der Waals surface area contributed by atoms with Gasteiger partial charge in [0, 0.05) is 5.56 Å². The van der Waals surface area contributed by atoms with Crippen molar-refractivity contribution in [2.24, 2.45) is 0 Å². The van der Waals surface area contributed by atoms with Crippen LogP contribution < -0.4 is 9.47 Å². The lowest BCUT2D eigenvalue weighted by Crippen LogP contribution is -2.25. The number of hydrogen-bond acceptors (Lipinski definition) is 6. The van der Waals surface area contributed by atoms with Gasteiger partial charge < -0.3 is 14.6 Å². The molecule has 1 atom stereocenters. The van der Waals surface area contributed by atoms with Gasteiger partial charge in [-0.3, -0.25) is 0 Å². The fourth-order valence-electron chi connectivity index (χ4n) is 2.68. The zero-order valence-electron chi connectivity index (χ0n) is 16.7. The first-order valence-electron chi connectivity index (χ1n) is 9.19. The third kappa shape index (κ3) is 5.07. The SMILES string of the molecule is COc1cccc(-c2nnn(C[C@@H](O)COc3ccc(C(C)(C)C)cc3)n2)c1. The lowest BCUT2D eigenvalue weighted by Gasteiger charge is -2.19. The molecular weight excluding hydrogens is 356 g/mol. The van der Waals surface area contributed by atoms with E-state index in [1.165, 1.54) is 10.4 Å². The van der Waals surface area contributed by atoms with Crippen LogP contribution in [0.3, 0.4) is 0 Å². The molecule has 7 heteroatoms. The second-order valence-corrected chi connectivity index (χ2v) is 7.64. The third-order valence-corrected chi connectivity index (χ3v) is 4.32. The van der Waals surface area contributed by atoms with Gasteiger partial charge in [0.25, 0.3) is 0 Å². The molecule has 0 unspecified atom stereocenters. The number of methoxy groups -OCH3 is 1. The van der Waals surface area contributed by atoms with E-state index in [1.54, 1.807) is 7.11 Å². The average molecular weight is 382 g/mol. The molecule has 0 fully saturated rings. The summed E-state index contributed by atoms with van der Waals surface area (Å²) in [5.74, 6) is 1.92. The maximum atomic E-state index is 10.2. The van der Waals surface area contributed by atoms with Crippen molar-refractivity contribution in [2.75, 3.05) is 13.7 Å². The molecule has 3 rings (SSSR count). The van der Waals surface area contributed by atoms with Crippen LogP contribution in [0.5, 0.6) is 11.5 Å². The molecule has 1 heterocycles. The molecule has 0 saturated carbocycles. The Morgan fingerprint density at radius 2 is 1.82 bits per heavy atom. The van der Waals surface area contributed by atoms with Crippen molar-refractivity contribution in [3.8, 4) is 22.9 Å². The lowest BCUT2D eigenvalue weighted by molar-refractivity contribution is 0.0850. The van der Waals surface area contributed by atoms with Crippen LogP contribution in [0.2, 0.25) is 0 Å². The zero-order chi connectivity index (χ0) is 20.1. The summed E-state index contributed by atoms with van der Waals surface area (Å²) in [6, 6.07) is 15.4. The standard InChI is InChI=1S/C21H26N4O3/c1-21(2,3)16-8-10-18(11-9-16)28-14-17(26)13-25-23-20(22-24-25)15-6-5-7-19(12-15)27-4/h5-12,17,26H,13-14H2,1-4H3/t17-/m1/s1. The molecule has 0 bridgehead atoms. The van der Waals surface area contributed by atoms with Crippen LogP contribution in [0, 0.1) is 0 Å². The largest absolute Gasteiger partial charge is 0.497 e. The number of nitrogens with zero attached hydrogens (tertiary/aromatic N) is 4. The molecule has 2 aromatic carbocycles. The Balaban J connectivity index is 1.55. The molecule has 0 saturated heterocycles. The van der Waals surface area contributed by atoms with E-state index in [9.17, 15) is 5.11 Å². The number of rotatable bonds is 7. The number of ether oxygens (including phenoxy) is 2. The lowest BCUT2D eigenvalue weighted by atomic mass is 9.87. The summed E-state index contributed by atoms with van der Waals surface area (Å²) < 4.78 is 10.9. The monoisotopic (exact) mass is 382 g/mol. The van der Waals surface area contributed by atoms with Crippen LogP contribution >= 0.6 is 0 Å². The van der Waals surface area contributed by atoms with E-state index in [0.29, 0.717) is 5.82 Å². The molecule has 0 aliphatic heterocycles. The van der Waals surface area contributed by atoms with Gasteiger partial charge in [-0.2, -0.15) is 4.80 Å². The molecule has 0 aliphatic carbocycles. The number of aliphatic hydroxyl groups excluding tert-OH is 1. The highest BCUT2D eigenvalue weighted by molar-refractivity contribution is 5.56. The summed E-state index contributed by atoms with van der Waals surface area (Å²) in [5.41, 5.74) is 2.13. The summed E-state index contributed by atoms with van der Waals surface area (Å²) in [6.45, 7) is 6.83. The van der Waals surface area contributed by atoms with Crippen molar-refractivity contribution < 1.29 is 14.6 Å². The van der Waals surface area contributed by atoms with Crippen molar-refractivity contribution >= 4 is 0 Å². The van der Waals surface area contributed by atoms with E-state index in [2.05, 4.69) is 36.2 Å². The van der Waals surface area contributed by atoms with E-state index in [4.69, 9.17) is 9.47 Å². The second kappa shape index (κ2) is 8.39. The van der Waals surface area contributed by atoms with Gasteiger partial charge in [-0.1, -0.05) is 45.0 Å². The van der Waals surface area contributed by atoms with E-state index in [1.807, 2.05) is 48.5 Å². The van der Waals surface area contributed by atoms with Crippen LogP contribution in [0.25, 0.3) is 11.4 Å². The molecule has 0 radical (unpaired) electrons. The second-order valence-electron chi connectivity index (χ2n) is 7.64. The summed E-state index contributed by atoms with van der Waals surface area (Å²) in [6.07, 6.45) is -0.755. The summed E-state index contributed by atoms with van der Waals surface area (Å²) in [4.78, 5) is 1.37. The van der Waals surface area contributed by atoms with Gasteiger partial charge in [0.2, 0.25) is 5.82 Å². The smallest absolute Gasteiger partial charge is 0.205 e. The van der Waals surface area contributed by atoms with Gasteiger partial charge in [0.15, 0.2) is 0 Å². The molecule has 0 aliphatic rings. The quantitative estimate of drug-likeness (QED) is 0.676. The maximum absolute atomic E-state index is 10.2. The summed E-state index contributed by atoms with van der Waals surface area (Å²) in [5, 5.41) is 22.6. The first kappa shape index (κ1) is 19.8. The van der Waals surface area contributed by atoms with Crippen molar-refractivity contribution in [3.05, 3.63) is 54.1 Å². The highest BCUT2D eigenvalue weighted by Crippen LogP contribution is 2.24. The van der Waals surface area contributed by atoms with Crippen molar-refractivity contribution in [1.29, 1.82) is 0 Å². The number of aliphatic hydroxyl groups is 1. The minimum absolute atomic E-state index is 0.0945. The highest BCUT2D eigenvalue weighted by Gasteiger charge is 2.14. The van der Waals surface area contributed by atoms with Gasteiger partial charge in [0.1, 0.15) is 24.2 Å². The summed E-state index contributed by atoms with van der Waals surface area (Å²) >= 11 is 0. The fourth-order valence-corrected chi connectivity index (χ4v) is 2.68. The maximum Gasteiger partial charge on any atom is 0.205 e. The Morgan fingerprint density at radius 3 is 2.50 bits per heavy atom. The van der Waals surface area contributed by atoms with E-state index in [-0.39, 0.29) is 18.6 Å². The highest BCUT2D eigenvalue weighted by atomic mass is 16.5. The zero-order valence-corrected chi connectivity index (χ0v) is 16.7. The topological polar surface area (TPSA) is 82.3 Å². The Morgan fingerprint density at radius 1 is 1.07 bits per heavy atom. The molecule has 3 aromatic rings. The van der Waals surface area contributed by atoms with Crippen molar-refractivity contribution in [1.82, 2.24) is 20.2 Å². The number of aromatic nitrogens is 4. The molecule has 1 aromatic heterocycles. The molecule has 1 N–H and O–H groups in total. The van der Waals surface area contributed by atoms with E-state index >= 15 is 0 Å². The van der Waals surface area contributed by atoms with Gasteiger partial charge in [-0.25, -0.2) is 0 Å². The van der Waals surface area contributed by atoms with Gasteiger partial charge in [0.05, 0.1) is 13.7 Å². The first-order chi connectivity index (χ1) is 13.3. The Hall–Kier alpha value is -2.93. The number of benzene rings is 2. The Labute approximate surface area is 164 Å². The van der Waals surface area contributed by atoms with Crippen LogP contribution in [-0.4, -0.2) is 45.1 Å². The van der Waals surface area contributed by atoms with Crippen LogP contribution in [0.15, 0.2) is 48.5 Å². The predicted molar refractivity (Wildman–Crippen MR) is 106 cm³/mol. The average Bonchev–Trinajstić information content (AvgIpc) is 3.14. The molecule has 0 amide bonds. The summed E-state index contributed by atoms with van der Waals surface area (Å²) in [7, 11) is 1.61. The Bertz CT molecular complexity index is 901. The van der Waals surface area contributed by atoms with Gasteiger partial charge >= 0.3 is 0 Å². The van der Waals surface area contributed by atoms with Crippen molar-refractivity contribution in [3.63, 3.8) is 0 Å². The van der Waals surface area contributed by atoms with Crippen LogP contribution in [-0.2, 0) is 12.0 Å². The molecule has 0 spiro atoms. The van der Waals surface area contributed by atoms with Gasteiger partial charge in [-0.05, 0) is 40.5 Å². The van der Waals surface area contributed by atoms with Crippen LogP contribution in [0.1, 0.15) is 26.3 Å². The predicted octanol–water partition coefficient (Wildman–Crippen LogP) is 3.09. The number of tetrazole rings is 1. The number of hydrogen-bond donors (Lipinski definition) is 1. The Kier molecular flexibility index (Phi) is 5.94. The molecule has 28 heavy (non-hydrogen) atoms. The van der Waals surface area contributed by atoms with E-state index < -0.39 is 6.10 Å². The normalized spacial score (nSPS) is 12.6. The minimum atomic E-state index is -0.755. The minimum Gasteiger partial charge on any atom is -0.497 e. The molecule has 7 nitrogen and oxygen atoms in total. The fraction of sp³-hybridized carbons (Fsp3) is 0.381. The van der Waals surface area contributed by atoms with Gasteiger partial charge in [-0.15, -0.1) is 10.2 Å². The van der Waals surface area contributed by atoms with Crippen molar-refractivity contribution in [2.45, 2.75) is 38.8 Å².